The highest BCUT2D eigenvalue weighted by Gasteiger charge is 2.13. The Morgan fingerprint density at radius 1 is 1.35 bits per heavy atom. The molecule has 0 unspecified atom stereocenters. The van der Waals surface area contributed by atoms with Crippen LogP contribution in [0.5, 0.6) is 5.75 Å². The van der Waals surface area contributed by atoms with Gasteiger partial charge < -0.3 is 10.1 Å². The number of nitrogens with one attached hydrogen (secondary N) is 1. The van der Waals surface area contributed by atoms with Crippen LogP contribution in [0.1, 0.15) is 32.4 Å². The van der Waals surface area contributed by atoms with E-state index in [9.17, 15) is 4.79 Å². The minimum Gasteiger partial charge on any atom is -0.491 e. The number of hydrogen-bond donors (Lipinski definition) is 1. The number of alkyl halides is 1. The molecule has 94 valence electrons. The summed E-state index contributed by atoms with van der Waals surface area (Å²) in [5.41, 5.74) is 0.958. The topological polar surface area (TPSA) is 38.3 Å². The van der Waals surface area contributed by atoms with Crippen molar-refractivity contribution in [3.8, 4) is 5.75 Å². The highest BCUT2D eigenvalue weighted by molar-refractivity contribution is 6.27. The van der Waals surface area contributed by atoms with E-state index in [0.29, 0.717) is 0 Å². The average Bonchev–Trinajstić information content (AvgIpc) is 2.28. The van der Waals surface area contributed by atoms with Crippen molar-refractivity contribution in [2.75, 3.05) is 5.88 Å². The van der Waals surface area contributed by atoms with E-state index in [1.165, 1.54) is 0 Å². The molecule has 0 saturated carbocycles. The van der Waals surface area contributed by atoms with Crippen LogP contribution < -0.4 is 10.1 Å². The fourth-order valence-electron chi connectivity index (χ4n) is 1.56. The van der Waals surface area contributed by atoms with Crippen molar-refractivity contribution in [1.82, 2.24) is 5.32 Å². The Bertz CT molecular complexity index is 379. The lowest BCUT2D eigenvalue weighted by Gasteiger charge is -2.19. The van der Waals surface area contributed by atoms with Crippen molar-refractivity contribution in [3.63, 3.8) is 0 Å². The third-order valence-corrected chi connectivity index (χ3v) is 2.49. The van der Waals surface area contributed by atoms with Crippen molar-refractivity contribution in [1.29, 1.82) is 0 Å². The smallest absolute Gasteiger partial charge is 0.235 e. The predicted molar refractivity (Wildman–Crippen MR) is 69.5 cm³/mol. The van der Waals surface area contributed by atoms with Crippen molar-refractivity contribution < 1.29 is 9.53 Å². The molecule has 0 bridgehead atoms. The maximum absolute atomic E-state index is 11.2. The Morgan fingerprint density at radius 2 is 2.00 bits per heavy atom. The van der Waals surface area contributed by atoms with Gasteiger partial charge in [-0.3, -0.25) is 4.79 Å². The molecule has 17 heavy (non-hydrogen) atoms. The van der Waals surface area contributed by atoms with Gasteiger partial charge in [0.2, 0.25) is 5.91 Å². The Balaban J connectivity index is 2.84. The molecule has 0 heterocycles. The zero-order chi connectivity index (χ0) is 12.8. The minimum absolute atomic E-state index is 0.0302. The molecular formula is C13H18ClNO2. The van der Waals surface area contributed by atoms with Gasteiger partial charge in [0.1, 0.15) is 11.6 Å². The Hall–Kier alpha value is -1.22. The maximum atomic E-state index is 11.2. The van der Waals surface area contributed by atoms with E-state index < -0.39 is 0 Å². The molecule has 1 aromatic rings. The molecule has 3 nitrogen and oxygen atoms in total. The second kappa shape index (κ2) is 6.50. The largest absolute Gasteiger partial charge is 0.491 e. The summed E-state index contributed by atoms with van der Waals surface area (Å²) in [6.07, 6.45) is 0.104. The summed E-state index contributed by atoms with van der Waals surface area (Å²) >= 11 is 5.46. The van der Waals surface area contributed by atoms with E-state index in [1.807, 2.05) is 45.0 Å². The first-order valence-electron chi connectivity index (χ1n) is 5.65. The standard InChI is InChI=1S/C13H18ClNO2/c1-9(2)17-12-7-5-4-6-11(12)10(3)15-13(16)8-14/h4-7,9-10H,8H2,1-3H3,(H,15,16)/t10-/m1/s1. The summed E-state index contributed by atoms with van der Waals surface area (Å²) in [5, 5.41) is 2.81. The number of halogens is 1. The number of hydrogen-bond acceptors (Lipinski definition) is 2. The molecule has 0 aromatic heterocycles. The van der Waals surface area contributed by atoms with E-state index in [-0.39, 0.29) is 23.9 Å². The lowest BCUT2D eigenvalue weighted by atomic mass is 10.1. The third kappa shape index (κ3) is 4.27. The summed E-state index contributed by atoms with van der Waals surface area (Å²) in [6.45, 7) is 5.85. The van der Waals surface area contributed by atoms with E-state index in [0.717, 1.165) is 11.3 Å². The van der Waals surface area contributed by atoms with Gasteiger partial charge >= 0.3 is 0 Å². The lowest BCUT2D eigenvalue weighted by Crippen LogP contribution is -2.28. The zero-order valence-electron chi connectivity index (χ0n) is 10.4. The van der Waals surface area contributed by atoms with E-state index in [2.05, 4.69) is 5.32 Å². The van der Waals surface area contributed by atoms with Crippen molar-refractivity contribution >= 4 is 17.5 Å². The van der Waals surface area contributed by atoms with Crippen molar-refractivity contribution in [2.24, 2.45) is 0 Å². The minimum atomic E-state index is -0.182. The highest BCUT2D eigenvalue weighted by Crippen LogP contribution is 2.25. The molecule has 1 rings (SSSR count). The summed E-state index contributed by atoms with van der Waals surface area (Å²) < 4.78 is 5.70. The highest BCUT2D eigenvalue weighted by atomic mass is 35.5. The SMILES string of the molecule is CC(C)Oc1ccccc1[C@@H](C)NC(=O)CCl. The molecule has 0 saturated heterocycles. The third-order valence-electron chi connectivity index (χ3n) is 2.25. The summed E-state index contributed by atoms with van der Waals surface area (Å²) in [4.78, 5) is 11.2. The number of para-hydroxylation sites is 1. The lowest BCUT2D eigenvalue weighted by molar-refractivity contribution is -0.119. The van der Waals surface area contributed by atoms with Crippen LogP contribution in [-0.4, -0.2) is 17.9 Å². The molecular weight excluding hydrogens is 238 g/mol. The number of benzene rings is 1. The Kier molecular flexibility index (Phi) is 5.29. The quantitative estimate of drug-likeness (QED) is 0.822. The number of carbonyl (C=O) groups excluding carboxylic acids is 1. The van der Waals surface area contributed by atoms with E-state index >= 15 is 0 Å². The summed E-state index contributed by atoms with van der Waals surface area (Å²) in [7, 11) is 0. The first-order chi connectivity index (χ1) is 8.04. The van der Waals surface area contributed by atoms with Crippen molar-refractivity contribution in [2.45, 2.75) is 32.9 Å². The molecule has 1 amide bonds. The molecule has 0 aliphatic rings. The molecule has 1 N–H and O–H groups in total. The number of rotatable bonds is 5. The number of amides is 1. The van der Waals surface area contributed by atoms with Crippen LogP contribution in [-0.2, 0) is 4.79 Å². The second-order valence-electron chi connectivity index (χ2n) is 4.13. The van der Waals surface area contributed by atoms with E-state index in [4.69, 9.17) is 16.3 Å². The van der Waals surface area contributed by atoms with E-state index in [1.54, 1.807) is 0 Å². The Labute approximate surface area is 107 Å². The second-order valence-corrected chi connectivity index (χ2v) is 4.39. The molecule has 0 fully saturated rings. The zero-order valence-corrected chi connectivity index (χ0v) is 11.1. The maximum Gasteiger partial charge on any atom is 0.235 e. The molecule has 0 spiro atoms. The first kappa shape index (κ1) is 13.8. The first-order valence-corrected chi connectivity index (χ1v) is 6.19. The van der Waals surface area contributed by atoms with Crippen LogP contribution in [0, 0.1) is 0 Å². The molecule has 0 aliphatic carbocycles. The van der Waals surface area contributed by atoms with Gasteiger partial charge in [-0.15, -0.1) is 11.6 Å². The molecule has 1 aromatic carbocycles. The van der Waals surface area contributed by atoms with Crippen LogP contribution in [0.3, 0.4) is 0 Å². The van der Waals surface area contributed by atoms with Gasteiger partial charge in [0.05, 0.1) is 12.1 Å². The molecule has 0 aliphatic heterocycles. The number of carbonyl (C=O) groups is 1. The fraction of sp³-hybridized carbons (Fsp3) is 0.462. The van der Waals surface area contributed by atoms with Crippen LogP contribution in [0.25, 0.3) is 0 Å². The van der Waals surface area contributed by atoms with Gasteiger partial charge in [0, 0.05) is 5.56 Å². The molecule has 0 radical (unpaired) electrons. The fourth-order valence-corrected chi connectivity index (χ4v) is 1.63. The van der Waals surface area contributed by atoms with Gasteiger partial charge in [-0.2, -0.15) is 0 Å². The van der Waals surface area contributed by atoms with Crippen LogP contribution in [0.2, 0.25) is 0 Å². The average molecular weight is 256 g/mol. The van der Waals surface area contributed by atoms with Crippen LogP contribution in [0.15, 0.2) is 24.3 Å². The van der Waals surface area contributed by atoms with Gasteiger partial charge in [0.15, 0.2) is 0 Å². The summed E-state index contributed by atoms with van der Waals surface area (Å²) in [5.74, 6) is 0.584. The van der Waals surface area contributed by atoms with Gasteiger partial charge in [-0.05, 0) is 26.8 Å². The molecule has 1 atom stereocenters. The monoisotopic (exact) mass is 255 g/mol. The van der Waals surface area contributed by atoms with Gasteiger partial charge in [-0.1, -0.05) is 18.2 Å². The van der Waals surface area contributed by atoms with Crippen LogP contribution >= 0.6 is 11.6 Å². The Morgan fingerprint density at radius 3 is 2.59 bits per heavy atom. The van der Waals surface area contributed by atoms with Gasteiger partial charge in [0.25, 0.3) is 0 Å². The predicted octanol–water partition coefficient (Wildman–Crippen LogP) is 2.89. The summed E-state index contributed by atoms with van der Waals surface area (Å²) in [6, 6.07) is 7.56. The molecule has 4 heteroatoms. The number of ether oxygens (including phenoxy) is 1. The van der Waals surface area contributed by atoms with Crippen molar-refractivity contribution in [3.05, 3.63) is 29.8 Å². The van der Waals surface area contributed by atoms with Gasteiger partial charge in [-0.25, -0.2) is 0 Å². The normalized spacial score (nSPS) is 12.3. The van der Waals surface area contributed by atoms with Crippen LogP contribution in [0.4, 0.5) is 0 Å².